The topological polar surface area (TPSA) is 104 Å². The smallest absolute Gasteiger partial charge is 0.326 e. The van der Waals surface area contributed by atoms with Gasteiger partial charge in [0.1, 0.15) is 6.04 Å². The molecule has 1 N–H and O–H groups in total. The second-order valence-electron chi connectivity index (χ2n) is 6.50. The first-order chi connectivity index (χ1) is 12.3. The molecule has 1 heterocycles. The minimum atomic E-state index is -3.62. The van der Waals surface area contributed by atoms with Crippen molar-refractivity contribution in [3.63, 3.8) is 0 Å². The second-order valence-corrected chi connectivity index (χ2v) is 8.44. The van der Waals surface area contributed by atoms with Gasteiger partial charge in [-0.3, -0.25) is 4.79 Å². The number of rotatable bonds is 6. The molecule has 1 atom stereocenters. The standard InChI is InChI=1S/C17H22N2O6S/c1-12(17(21)22)19(14-4-5-14)16(20)13-2-6-15(7-3-13)26(23,24)18-8-10-25-11-9-18/h2-3,6-7,12,14H,4-5,8-11H2,1H3,(H,21,22). The van der Waals surface area contributed by atoms with Gasteiger partial charge in [0.15, 0.2) is 0 Å². The van der Waals surface area contributed by atoms with Crippen LogP contribution in [-0.4, -0.2) is 73.0 Å². The Hall–Kier alpha value is -1.97. The molecule has 8 nitrogen and oxygen atoms in total. The lowest BCUT2D eigenvalue weighted by Gasteiger charge is -2.27. The molecule has 1 unspecified atom stereocenters. The van der Waals surface area contributed by atoms with Crippen molar-refractivity contribution in [1.29, 1.82) is 0 Å². The number of amides is 1. The average molecular weight is 382 g/mol. The Balaban J connectivity index is 1.80. The molecule has 3 rings (SSSR count). The number of ether oxygens (including phenoxy) is 1. The van der Waals surface area contributed by atoms with Gasteiger partial charge in [-0.25, -0.2) is 13.2 Å². The van der Waals surface area contributed by atoms with E-state index in [0.717, 1.165) is 12.8 Å². The SMILES string of the molecule is CC(C(=O)O)N(C(=O)c1ccc(S(=O)(=O)N2CCOCC2)cc1)C1CC1. The molecule has 1 aromatic carbocycles. The normalized spacial score (nSPS) is 19.7. The zero-order chi connectivity index (χ0) is 18.9. The van der Waals surface area contributed by atoms with Crippen LogP contribution in [0.25, 0.3) is 0 Å². The summed E-state index contributed by atoms with van der Waals surface area (Å²) in [6.45, 7) is 2.80. The van der Waals surface area contributed by atoms with Gasteiger partial charge in [0.25, 0.3) is 5.91 Å². The van der Waals surface area contributed by atoms with E-state index < -0.39 is 27.9 Å². The number of carboxylic acid groups (broad SMARTS) is 1. The number of hydrogen-bond donors (Lipinski definition) is 1. The molecule has 2 fully saturated rings. The Labute approximate surface area is 152 Å². The van der Waals surface area contributed by atoms with Crippen LogP contribution in [0.1, 0.15) is 30.1 Å². The zero-order valence-electron chi connectivity index (χ0n) is 14.5. The highest BCUT2D eigenvalue weighted by atomic mass is 32.2. The maximum Gasteiger partial charge on any atom is 0.326 e. The van der Waals surface area contributed by atoms with Gasteiger partial charge in [0.2, 0.25) is 10.0 Å². The van der Waals surface area contributed by atoms with Crippen molar-refractivity contribution in [1.82, 2.24) is 9.21 Å². The van der Waals surface area contributed by atoms with Gasteiger partial charge in [0.05, 0.1) is 18.1 Å². The first-order valence-electron chi connectivity index (χ1n) is 8.56. The molecule has 0 aromatic heterocycles. The fourth-order valence-corrected chi connectivity index (χ4v) is 4.39. The fourth-order valence-electron chi connectivity index (χ4n) is 2.98. The Morgan fingerprint density at radius 3 is 2.27 bits per heavy atom. The molecule has 1 amide bonds. The lowest BCUT2D eigenvalue weighted by atomic mass is 10.1. The number of benzene rings is 1. The number of carboxylic acids is 1. The number of hydrogen-bond acceptors (Lipinski definition) is 5. The highest BCUT2D eigenvalue weighted by Gasteiger charge is 2.39. The minimum Gasteiger partial charge on any atom is -0.480 e. The Morgan fingerprint density at radius 2 is 1.77 bits per heavy atom. The second kappa shape index (κ2) is 7.34. The first kappa shape index (κ1) is 18.8. The predicted octanol–water partition coefficient (Wildman–Crippen LogP) is 0.785. The fraction of sp³-hybridized carbons (Fsp3) is 0.529. The largest absolute Gasteiger partial charge is 0.480 e. The first-order valence-corrected chi connectivity index (χ1v) is 10.00. The van der Waals surface area contributed by atoms with Gasteiger partial charge in [-0.2, -0.15) is 4.31 Å². The van der Waals surface area contributed by atoms with E-state index in [0.29, 0.717) is 26.3 Å². The van der Waals surface area contributed by atoms with Gasteiger partial charge in [-0.15, -0.1) is 0 Å². The van der Waals surface area contributed by atoms with Crippen molar-refractivity contribution < 1.29 is 27.9 Å². The molecule has 1 aromatic rings. The number of aliphatic carboxylic acids is 1. The van der Waals surface area contributed by atoms with Gasteiger partial charge in [-0.05, 0) is 44.0 Å². The maximum atomic E-state index is 12.7. The van der Waals surface area contributed by atoms with Crippen molar-refractivity contribution in [2.75, 3.05) is 26.3 Å². The van der Waals surface area contributed by atoms with E-state index in [1.54, 1.807) is 0 Å². The predicted molar refractivity (Wildman–Crippen MR) is 92.3 cm³/mol. The molecule has 1 aliphatic heterocycles. The molecule has 0 bridgehead atoms. The Bertz CT molecular complexity index is 782. The molecule has 142 valence electrons. The van der Waals surface area contributed by atoms with E-state index in [9.17, 15) is 23.1 Å². The summed E-state index contributed by atoms with van der Waals surface area (Å²) in [7, 11) is -3.62. The molecular formula is C17H22N2O6S. The van der Waals surface area contributed by atoms with Crippen LogP contribution in [-0.2, 0) is 19.6 Å². The third kappa shape index (κ3) is 3.74. The Morgan fingerprint density at radius 1 is 1.19 bits per heavy atom. The van der Waals surface area contributed by atoms with E-state index in [1.807, 2.05) is 0 Å². The zero-order valence-corrected chi connectivity index (χ0v) is 15.3. The lowest BCUT2D eigenvalue weighted by Crippen LogP contribution is -2.44. The molecule has 0 radical (unpaired) electrons. The molecule has 1 saturated carbocycles. The number of nitrogens with zero attached hydrogens (tertiary/aromatic N) is 2. The summed E-state index contributed by atoms with van der Waals surface area (Å²) in [4.78, 5) is 25.5. The van der Waals surface area contributed by atoms with Gasteiger partial charge in [-0.1, -0.05) is 0 Å². The molecule has 0 spiro atoms. The van der Waals surface area contributed by atoms with Crippen LogP contribution in [0.5, 0.6) is 0 Å². The maximum absolute atomic E-state index is 12.7. The summed E-state index contributed by atoms with van der Waals surface area (Å²) >= 11 is 0. The summed E-state index contributed by atoms with van der Waals surface area (Å²) in [6, 6.07) is 4.69. The van der Waals surface area contributed by atoms with Crippen molar-refractivity contribution >= 4 is 21.9 Å². The molecule has 1 aliphatic carbocycles. The molecular weight excluding hydrogens is 360 g/mol. The van der Waals surface area contributed by atoms with E-state index in [2.05, 4.69) is 0 Å². The molecule has 2 aliphatic rings. The summed E-state index contributed by atoms with van der Waals surface area (Å²) in [5.41, 5.74) is 0.283. The van der Waals surface area contributed by atoms with E-state index >= 15 is 0 Å². The number of sulfonamides is 1. The highest BCUT2D eigenvalue weighted by Crippen LogP contribution is 2.30. The monoisotopic (exact) mass is 382 g/mol. The van der Waals surface area contributed by atoms with Crippen LogP contribution >= 0.6 is 0 Å². The molecule has 9 heteroatoms. The number of morpholine rings is 1. The van der Waals surface area contributed by atoms with Crippen molar-refractivity contribution in [2.45, 2.75) is 36.7 Å². The average Bonchev–Trinajstić information content (AvgIpc) is 3.47. The van der Waals surface area contributed by atoms with E-state index in [-0.39, 0.29) is 16.5 Å². The van der Waals surface area contributed by atoms with Crippen molar-refractivity contribution in [2.24, 2.45) is 0 Å². The van der Waals surface area contributed by atoms with Crippen LogP contribution in [0.3, 0.4) is 0 Å². The van der Waals surface area contributed by atoms with Crippen LogP contribution in [0.2, 0.25) is 0 Å². The minimum absolute atomic E-state index is 0.0645. The summed E-state index contributed by atoms with van der Waals surface area (Å²) in [5.74, 6) is -1.45. The third-order valence-electron chi connectivity index (χ3n) is 4.66. The number of carbonyl (C=O) groups excluding carboxylic acids is 1. The lowest BCUT2D eigenvalue weighted by molar-refractivity contribution is -0.141. The van der Waals surface area contributed by atoms with Gasteiger partial charge < -0.3 is 14.7 Å². The van der Waals surface area contributed by atoms with E-state index in [4.69, 9.17) is 4.74 Å². The Kier molecular flexibility index (Phi) is 5.31. The summed E-state index contributed by atoms with van der Waals surface area (Å²) in [5, 5.41) is 9.23. The highest BCUT2D eigenvalue weighted by molar-refractivity contribution is 7.89. The summed E-state index contributed by atoms with van der Waals surface area (Å²) < 4.78 is 31.8. The van der Waals surface area contributed by atoms with Crippen LogP contribution in [0.15, 0.2) is 29.2 Å². The number of carbonyl (C=O) groups is 2. The third-order valence-corrected chi connectivity index (χ3v) is 6.57. The van der Waals surface area contributed by atoms with Crippen LogP contribution in [0, 0.1) is 0 Å². The van der Waals surface area contributed by atoms with E-state index in [1.165, 1.54) is 40.4 Å². The van der Waals surface area contributed by atoms with Gasteiger partial charge in [0, 0.05) is 24.7 Å². The summed E-state index contributed by atoms with van der Waals surface area (Å²) in [6.07, 6.45) is 1.57. The van der Waals surface area contributed by atoms with Gasteiger partial charge >= 0.3 is 5.97 Å². The molecule has 26 heavy (non-hydrogen) atoms. The van der Waals surface area contributed by atoms with Crippen LogP contribution < -0.4 is 0 Å². The van der Waals surface area contributed by atoms with Crippen molar-refractivity contribution in [3.05, 3.63) is 29.8 Å². The quantitative estimate of drug-likeness (QED) is 0.780. The van der Waals surface area contributed by atoms with Crippen LogP contribution in [0.4, 0.5) is 0 Å². The molecule has 1 saturated heterocycles. The van der Waals surface area contributed by atoms with Crippen molar-refractivity contribution in [3.8, 4) is 0 Å².